The van der Waals surface area contributed by atoms with Crippen LogP contribution in [-0.4, -0.2) is 57.3 Å². The van der Waals surface area contributed by atoms with Crippen LogP contribution in [0.3, 0.4) is 0 Å². The van der Waals surface area contributed by atoms with Crippen LogP contribution in [0.4, 0.5) is 0 Å². The van der Waals surface area contributed by atoms with Crippen LogP contribution in [0, 0.1) is 6.92 Å². The molecule has 31 heavy (non-hydrogen) atoms. The summed E-state index contributed by atoms with van der Waals surface area (Å²) in [5, 5.41) is 1.88. The number of likely N-dealkylation sites (tertiary alicyclic amines) is 1. The minimum Gasteiger partial charge on any atom is -0.377 e. The van der Waals surface area contributed by atoms with Gasteiger partial charge in [-0.15, -0.1) is 0 Å². The fourth-order valence-corrected chi connectivity index (χ4v) is 5.50. The first-order valence-corrected chi connectivity index (χ1v) is 12.1. The number of hydrogen-bond acceptors (Lipinski definition) is 5. The van der Waals surface area contributed by atoms with Crippen LogP contribution < -0.4 is 0 Å². The SMILES string of the molecule is Cc1cnc(SC[C@H]2CCCO2)nc1[C@H]1CCCN(C(=O)c2cc3ccccc3[nH]2)C1. The highest BCUT2D eigenvalue weighted by Gasteiger charge is 2.28. The molecule has 2 fully saturated rings. The number of thioether (sulfide) groups is 1. The van der Waals surface area contributed by atoms with Crippen molar-refractivity contribution in [2.24, 2.45) is 0 Å². The number of para-hydroxylation sites is 1. The molecule has 2 atom stereocenters. The molecule has 2 aliphatic heterocycles. The summed E-state index contributed by atoms with van der Waals surface area (Å²) in [4.78, 5) is 27.9. The number of aromatic amines is 1. The van der Waals surface area contributed by atoms with Crippen LogP contribution in [0.2, 0.25) is 0 Å². The number of fused-ring (bicyclic) bond motifs is 1. The molecule has 0 bridgehead atoms. The molecular weight excluding hydrogens is 408 g/mol. The van der Waals surface area contributed by atoms with Crippen LogP contribution in [-0.2, 0) is 4.74 Å². The second-order valence-corrected chi connectivity index (χ2v) is 9.51. The number of aryl methyl sites for hydroxylation is 1. The zero-order chi connectivity index (χ0) is 21.2. The zero-order valence-corrected chi connectivity index (χ0v) is 18.7. The van der Waals surface area contributed by atoms with Gasteiger partial charge in [-0.2, -0.15) is 0 Å². The molecule has 0 radical (unpaired) electrons. The lowest BCUT2D eigenvalue weighted by molar-refractivity contribution is 0.0700. The van der Waals surface area contributed by atoms with Crippen molar-refractivity contribution in [3.63, 3.8) is 0 Å². The lowest BCUT2D eigenvalue weighted by atomic mass is 9.92. The Balaban J connectivity index is 1.30. The van der Waals surface area contributed by atoms with Gasteiger partial charge in [0, 0.05) is 48.5 Å². The summed E-state index contributed by atoms with van der Waals surface area (Å²) in [6, 6.07) is 9.97. The number of ether oxygens (including phenoxy) is 1. The smallest absolute Gasteiger partial charge is 0.270 e. The Hall–Kier alpha value is -2.38. The molecule has 5 rings (SSSR count). The quantitative estimate of drug-likeness (QED) is 0.469. The number of benzene rings is 1. The summed E-state index contributed by atoms with van der Waals surface area (Å²) in [5.41, 5.74) is 3.85. The van der Waals surface area contributed by atoms with Crippen LogP contribution in [0.15, 0.2) is 41.7 Å². The highest BCUT2D eigenvalue weighted by molar-refractivity contribution is 7.99. The summed E-state index contributed by atoms with van der Waals surface area (Å²) in [6.07, 6.45) is 6.55. The third-order valence-corrected chi connectivity index (χ3v) is 7.26. The van der Waals surface area contributed by atoms with Crippen molar-refractivity contribution < 1.29 is 9.53 Å². The highest BCUT2D eigenvalue weighted by atomic mass is 32.2. The van der Waals surface area contributed by atoms with E-state index in [2.05, 4.69) is 16.9 Å². The van der Waals surface area contributed by atoms with Crippen LogP contribution in [0.1, 0.15) is 53.3 Å². The largest absolute Gasteiger partial charge is 0.377 e. The van der Waals surface area contributed by atoms with Crippen molar-refractivity contribution in [2.75, 3.05) is 25.4 Å². The molecule has 0 unspecified atom stereocenters. The summed E-state index contributed by atoms with van der Waals surface area (Å²) in [5.74, 6) is 1.21. The van der Waals surface area contributed by atoms with Gasteiger partial charge in [-0.05, 0) is 50.3 Å². The van der Waals surface area contributed by atoms with Gasteiger partial charge in [0.25, 0.3) is 5.91 Å². The van der Waals surface area contributed by atoms with Crippen molar-refractivity contribution >= 4 is 28.6 Å². The van der Waals surface area contributed by atoms with Gasteiger partial charge < -0.3 is 14.6 Å². The average molecular weight is 437 g/mol. The fourth-order valence-electron chi connectivity index (χ4n) is 4.61. The van der Waals surface area contributed by atoms with Gasteiger partial charge in [0.15, 0.2) is 5.16 Å². The predicted molar refractivity (Wildman–Crippen MR) is 123 cm³/mol. The molecule has 1 aromatic carbocycles. The molecule has 0 saturated carbocycles. The molecule has 6 nitrogen and oxygen atoms in total. The molecule has 2 aliphatic rings. The van der Waals surface area contributed by atoms with Crippen molar-refractivity contribution in [2.45, 2.75) is 49.8 Å². The van der Waals surface area contributed by atoms with Crippen molar-refractivity contribution in [1.29, 1.82) is 0 Å². The number of H-pyrrole nitrogens is 1. The van der Waals surface area contributed by atoms with Gasteiger partial charge in [-0.1, -0.05) is 30.0 Å². The van der Waals surface area contributed by atoms with Crippen molar-refractivity contribution in [3.8, 4) is 0 Å². The summed E-state index contributed by atoms with van der Waals surface area (Å²) < 4.78 is 5.73. The third kappa shape index (κ3) is 4.48. The Labute approximate surface area is 186 Å². The number of nitrogens with zero attached hydrogens (tertiary/aromatic N) is 3. The van der Waals surface area contributed by atoms with E-state index in [-0.39, 0.29) is 11.8 Å². The molecular formula is C24H28N4O2S. The number of carbonyl (C=O) groups excluding carboxylic acids is 1. The van der Waals surface area contributed by atoms with Crippen LogP contribution >= 0.6 is 11.8 Å². The fraction of sp³-hybridized carbons (Fsp3) is 0.458. The number of hydrogen-bond donors (Lipinski definition) is 1. The number of nitrogens with one attached hydrogen (secondary N) is 1. The summed E-state index contributed by atoms with van der Waals surface area (Å²) in [6.45, 7) is 4.42. The Morgan fingerprint density at radius 3 is 3.03 bits per heavy atom. The van der Waals surface area contributed by atoms with Gasteiger partial charge in [-0.3, -0.25) is 4.79 Å². The van der Waals surface area contributed by atoms with Crippen LogP contribution in [0.25, 0.3) is 10.9 Å². The Morgan fingerprint density at radius 2 is 2.19 bits per heavy atom. The molecule has 2 aromatic heterocycles. The first-order chi connectivity index (χ1) is 15.2. The van der Waals surface area contributed by atoms with E-state index in [1.54, 1.807) is 11.8 Å². The Kier molecular flexibility index (Phi) is 5.96. The van der Waals surface area contributed by atoms with E-state index in [0.29, 0.717) is 18.3 Å². The number of amides is 1. The predicted octanol–water partition coefficient (Wildman–Crippen LogP) is 4.56. The molecule has 1 N–H and O–H groups in total. The zero-order valence-electron chi connectivity index (χ0n) is 17.8. The number of aromatic nitrogens is 3. The van der Waals surface area contributed by atoms with Gasteiger partial charge in [-0.25, -0.2) is 9.97 Å². The van der Waals surface area contributed by atoms with Gasteiger partial charge in [0.05, 0.1) is 11.8 Å². The third-order valence-electron chi connectivity index (χ3n) is 6.27. The second-order valence-electron chi connectivity index (χ2n) is 8.53. The molecule has 7 heteroatoms. The summed E-state index contributed by atoms with van der Waals surface area (Å²) in [7, 11) is 0. The normalized spacial score (nSPS) is 21.6. The molecule has 0 aliphatic carbocycles. The van der Waals surface area contributed by atoms with Gasteiger partial charge in [0.1, 0.15) is 5.69 Å². The molecule has 4 heterocycles. The molecule has 3 aromatic rings. The first kappa shape index (κ1) is 20.5. The monoisotopic (exact) mass is 436 g/mol. The van der Waals surface area contributed by atoms with Gasteiger partial charge in [0.2, 0.25) is 0 Å². The van der Waals surface area contributed by atoms with Crippen molar-refractivity contribution in [1.82, 2.24) is 19.9 Å². The Bertz CT molecular complexity index is 1040. The highest BCUT2D eigenvalue weighted by Crippen LogP contribution is 2.30. The Morgan fingerprint density at radius 1 is 1.29 bits per heavy atom. The van der Waals surface area contributed by atoms with E-state index in [4.69, 9.17) is 9.72 Å². The maximum atomic E-state index is 13.2. The molecule has 2 saturated heterocycles. The van der Waals surface area contributed by atoms with E-state index in [9.17, 15) is 4.79 Å². The maximum absolute atomic E-state index is 13.2. The van der Waals surface area contributed by atoms with E-state index >= 15 is 0 Å². The first-order valence-electron chi connectivity index (χ1n) is 11.1. The maximum Gasteiger partial charge on any atom is 0.270 e. The second kappa shape index (κ2) is 9.01. The molecule has 1 amide bonds. The van der Waals surface area contributed by atoms with Crippen LogP contribution in [0.5, 0.6) is 0 Å². The summed E-state index contributed by atoms with van der Waals surface area (Å²) >= 11 is 1.68. The van der Waals surface area contributed by atoms with Gasteiger partial charge >= 0.3 is 0 Å². The topological polar surface area (TPSA) is 71.1 Å². The lowest BCUT2D eigenvalue weighted by Gasteiger charge is -2.33. The minimum absolute atomic E-state index is 0.0700. The van der Waals surface area contributed by atoms with Crippen molar-refractivity contribution in [3.05, 3.63) is 53.5 Å². The standard InChI is InChI=1S/C24H28N4O2S/c1-16-13-25-24(31-15-19-8-5-11-30-19)27-22(16)18-7-4-10-28(14-18)23(29)21-12-17-6-2-3-9-20(17)26-21/h2-3,6,9,12-13,18-19,26H,4-5,7-8,10-11,14-15H2,1H3/t18-,19+/m0/s1. The van der Waals surface area contributed by atoms with E-state index < -0.39 is 0 Å². The minimum atomic E-state index is 0.0700. The molecule has 162 valence electrons. The number of carbonyl (C=O) groups is 1. The van der Waals surface area contributed by atoms with E-state index in [1.807, 2.05) is 41.4 Å². The van der Waals surface area contributed by atoms with E-state index in [1.165, 1.54) is 0 Å². The number of rotatable bonds is 5. The van der Waals surface area contributed by atoms with E-state index in [0.717, 1.165) is 71.9 Å². The molecule has 0 spiro atoms. The lowest BCUT2D eigenvalue weighted by Crippen LogP contribution is -2.39. The average Bonchev–Trinajstić information content (AvgIpc) is 3.48. The number of piperidine rings is 1.